The molecule has 90 valence electrons. The molecule has 0 aromatic carbocycles. The molecule has 15 heavy (non-hydrogen) atoms. The Balaban J connectivity index is 2.04. The Hall–Kier alpha value is -0.0800. The van der Waals surface area contributed by atoms with Crippen molar-refractivity contribution in [2.24, 2.45) is 11.8 Å². The number of hydrogen-bond acceptors (Lipinski definition) is 2. The summed E-state index contributed by atoms with van der Waals surface area (Å²) in [5, 5.41) is 9.15. The van der Waals surface area contributed by atoms with Crippen molar-refractivity contribution in [3.8, 4) is 0 Å². The Bertz CT molecular complexity index is 168. The van der Waals surface area contributed by atoms with Crippen molar-refractivity contribution in [1.82, 2.24) is 4.90 Å². The first-order chi connectivity index (χ1) is 7.09. The summed E-state index contributed by atoms with van der Waals surface area (Å²) < 4.78 is 0. The summed E-state index contributed by atoms with van der Waals surface area (Å²) in [6.07, 6.45) is 4.64. The lowest BCUT2D eigenvalue weighted by molar-refractivity contribution is 0.178. The van der Waals surface area contributed by atoms with E-state index in [9.17, 15) is 0 Å². The summed E-state index contributed by atoms with van der Waals surface area (Å²) in [5.41, 5.74) is 0. The molecule has 0 saturated carbocycles. The van der Waals surface area contributed by atoms with Crippen LogP contribution >= 0.6 is 0 Å². The third-order valence-corrected chi connectivity index (χ3v) is 3.60. The Kier molecular flexibility index (Phi) is 5.62. The molecule has 2 nitrogen and oxygen atoms in total. The minimum absolute atomic E-state index is 0.119. The molecular formula is C13H27NO. The van der Waals surface area contributed by atoms with Crippen LogP contribution in [0.3, 0.4) is 0 Å². The third-order valence-electron chi connectivity index (χ3n) is 3.60. The van der Waals surface area contributed by atoms with E-state index >= 15 is 0 Å². The molecule has 1 rings (SSSR count). The predicted octanol–water partition coefficient (Wildman–Crippen LogP) is 2.52. The summed E-state index contributed by atoms with van der Waals surface area (Å²) >= 11 is 0. The number of aliphatic hydroxyl groups is 1. The normalized spacial score (nSPS) is 25.0. The minimum Gasteiger partial charge on any atom is -0.393 e. The molecule has 0 radical (unpaired) electrons. The van der Waals surface area contributed by atoms with Crippen LogP contribution in [0.4, 0.5) is 0 Å². The predicted molar refractivity (Wildman–Crippen MR) is 64.9 cm³/mol. The van der Waals surface area contributed by atoms with Gasteiger partial charge in [0.05, 0.1) is 6.10 Å². The smallest absolute Gasteiger partial charge is 0.0512 e. The van der Waals surface area contributed by atoms with Crippen LogP contribution < -0.4 is 0 Å². The van der Waals surface area contributed by atoms with Gasteiger partial charge in [-0.25, -0.2) is 0 Å². The van der Waals surface area contributed by atoms with E-state index in [0.29, 0.717) is 0 Å². The van der Waals surface area contributed by atoms with Gasteiger partial charge in [0.15, 0.2) is 0 Å². The molecule has 1 aliphatic rings. The number of hydrogen-bond donors (Lipinski definition) is 1. The van der Waals surface area contributed by atoms with Gasteiger partial charge in [0, 0.05) is 6.54 Å². The van der Waals surface area contributed by atoms with E-state index in [1.165, 1.54) is 38.9 Å². The van der Waals surface area contributed by atoms with Gasteiger partial charge in [0.25, 0.3) is 0 Å². The van der Waals surface area contributed by atoms with E-state index in [-0.39, 0.29) is 6.10 Å². The SMILES string of the molecule is CC(O)CCCCN1CCC(C(C)C)C1. The van der Waals surface area contributed by atoms with Gasteiger partial charge >= 0.3 is 0 Å². The minimum atomic E-state index is -0.119. The van der Waals surface area contributed by atoms with E-state index in [0.717, 1.165) is 18.3 Å². The van der Waals surface area contributed by atoms with Crippen molar-refractivity contribution >= 4 is 0 Å². The van der Waals surface area contributed by atoms with Crippen LogP contribution in [0.25, 0.3) is 0 Å². The lowest BCUT2D eigenvalue weighted by Crippen LogP contribution is -2.23. The number of nitrogens with zero attached hydrogens (tertiary/aromatic N) is 1. The zero-order valence-corrected chi connectivity index (χ0v) is 10.6. The van der Waals surface area contributed by atoms with Crippen LogP contribution in [0.1, 0.15) is 46.5 Å². The molecule has 0 spiro atoms. The molecule has 0 aromatic rings. The summed E-state index contributed by atoms with van der Waals surface area (Å²) in [4.78, 5) is 2.59. The van der Waals surface area contributed by atoms with Gasteiger partial charge in [-0.05, 0) is 57.5 Å². The fourth-order valence-corrected chi connectivity index (χ4v) is 2.39. The second-order valence-electron chi connectivity index (χ2n) is 5.44. The van der Waals surface area contributed by atoms with E-state index in [1.54, 1.807) is 0 Å². The van der Waals surface area contributed by atoms with Crippen LogP contribution in [0, 0.1) is 11.8 Å². The highest BCUT2D eigenvalue weighted by Crippen LogP contribution is 2.23. The number of unbranched alkanes of at least 4 members (excludes halogenated alkanes) is 1. The molecule has 0 aliphatic carbocycles. The maximum absolute atomic E-state index is 9.15. The van der Waals surface area contributed by atoms with Crippen LogP contribution in [0.15, 0.2) is 0 Å². The highest BCUT2D eigenvalue weighted by atomic mass is 16.3. The van der Waals surface area contributed by atoms with Gasteiger partial charge in [-0.15, -0.1) is 0 Å². The first kappa shape index (κ1) is 13.0. The van der Waals surface area contributed by atoms with Gasteiger partial charge in [0.1, 0.15) is 0 Å². The van der Waals surface area contributed by atoms with Crippen LogP contribution in [0.2, 0.25) is 0 Å². The van der Waals surface area contributed by atoms with Gasteiger partial charge in [-0.3, -0.25) is 0 Å². The molecule has 2 heteroatoms. The third kappa shape index (κ3) is 4.98. The molecule has 1 aliphatic heterocycles. The van der Waals surface area contributed by atoms with E-state index in [4.69, 9.17) is 5.11 Å². The first-order valence-corrected chi connectivity index (χ1v) is 6.50. The second kappa shape index (κ2) is 6.49. The molecule has 2 atom stereocenters. The summed E-state index contributed by atoms with van der Waals surface area (Å²) in [7, 11) is 0. The van der Waals surface area contributed by atoms with Crippen LogP contribution in [-0.4, -0.2) is 35.7 Å². The molecule has 1 fully saturated rings. The quantitative estimate of drug-likeness (QED) is 0.685. The zero-order valence-electron chi connectivity index (χ0n) is 10.6. The second-order valence-corrected chi connectivity index (χ2v) is 5.44. The van der Waals surface area contributed by atoms with Crippen molar-refractivity contribution in [3.63, 3.8) is 0 Å². The van der Waals surface area contributed by atoms with Gasteiger partial charge < -0.3 is 10.0 Å². The molecule has 0 aromatic heterocycles. The van der Waals surface area contributed by atoms with Crippen LogP contribution in [-0.2, 0) is 0 Å². The molecule has 1 N–H and O–H groups in total. The topological polar surface area (TPSA) is 23.5 Å². The zero-order chi connectivity index (χ0) is 11.3. The maximum atomic E-state index is 9.15. The largest absolute Gasteiger partial charge is 0.393 e. The molecule has 1 saturated heterocycles. The Labute approximate surface area is 94.7 Å². The Morgan fingerprint density at radius 2 is 2.00 bits per heavy atom. The van der Waals surface area contributed by atoms with Crippen LogP contribution in [0.5, 0.6) is 0 Å². The molecule has 0 amide bonds. The van der Waals surface area contributed by atoms with Crippen molar-refractivity contribution in [1.29, 1.82) is 0 Å². The fraction of sp³-hybridized carbons (Fsp3) is 1.00. The van der Waals surface area contributed by atoms with Crippen molar-refractivity contribution in [3.05, 3.63) is 0 Å². The van der Waals surface area contributed by atoms with Gasteiger partial charge in [-0.1, -0.05) is 13.8 Å². The average Bonchev–Trinajstić information content (AvgIpc) is 2.60. The van der Waals surface area contributed by atoms with E-state index in [2.05, 4.69) is 18.7 Å². The molecule has 0 bridgehead atoms. The molecule has 1 heterocycles. The van der Waals surface area contributed by atoms with Gasteiger partial charge in [0.2, 0.25) is 0 Å². The molecular weight excluding hydrogens is 186 g/mol. The first-order valence-electron chi connectivity index (χ1n) is 6.50. The summed E-state index contributed by atoms with van der Waals surface area (Å²) in [6.45, 7) is 10.4. The van der Waals surface area contributed by atoms with E-state index in [1.807, 2.05) is 6.92 Å². The summed E-state index contributed by atoms with van der Waals surface area (Å²) in [6, 6.07) is 0. The number of likely N-dealkylation sites (tertiary alicyclic amines) is 1. The number of aliphatic hydroxyl groups excluding tert-OH is 1. The highest BCUT2D eigenvalue weighted by molar-refractivity contribution is 4.77. The summed E-state index contributed by atoms with van der Waals surface area (Å²) in [5.74, 6) is 1.76. The monoisotopic (exact) mass is 213 g/mol. The lowest BCUT2D eigenvalue weighted by atomic mass is 9.95. The Morgan fingerprint density at radius 3 is 2.53 bits per heavy atom. The number of rotatable bonds is 6. The Morgan fingerprint density at radius 1 is 1.27 bits per heavy atom. The average molecular weight is 213 g/mol. The molecule has 2 unspecified atom stereocenters. The van der Waals surface area contributed by atoms with Crippen molar-refractivity contribution < 1.29 is 5.11 Å². The van der Waals surface area contributed by atoms with Crippen molar-refractivity contribution in [2.45, 2.75) is 52.6 Å². The fourth-order valence-electron chi connectivity index (χ4n) is 2.39. The van der Waals surface area contributed by atoms with Gasteiger partial charge in [-0.2, -0.15) is 0 Å². The lowest BCUT2D eigenvalue weighted by Gasteiger charge is -2.17. The standard InChI is InChI=1S/C13H27NO/c1-11(2)13-7-9-14(10-13)8-5-4-6-12(3)15/h11-13,15H,4-10H2,1-3H3. The maximum Gasteiger partial charge on any atom is 0.0512 e. The van der Waals surface area contributed by atoms with Crippen molar-refractivity contribution in [2.75, 3.05) is 19.6 Å². The van der Waals surface area contributed by atoms with E-state index < -0.39 is 0 Å². The highest BCUT2D eigenvalue weighted by Gasteiger charge is 2.23.